The van der Waals surface area contributed by atoms with E-state index in [9.17, 15) is 9.59 Å². The Kier molecular flexibility index (Phi) is 7.79. The Balaban J connectivity index is 5.11. The van der Waals surface area contributed by atoms with Gasteiger partial charge in [0.2, 0.25) is 0 Å². The van der Waals surface area contributed by atoms with Gasteiger partial charge >= 0.3 is 11.9 Å². The average Bonchev–Trinajstić information content (AvgIpc) is 2.44. The van der Waals surface area contributed by atoms with E-state index < -0.39 is 10.8 Å². The second kappa shape index (κ2) is 8.16. The summed E-state index contributed by atoms with van der Waals surface area (Å²) in [6.07, 6.45) is 1.73. The summed E-state index contributed by atoms with van der Waals surface area (Å²) in [4.78, 5) is 24.2. The van der Waals surface area contributed by atoms with Crippen LogP contribution in [0.15, 0.2) is 0 Å². The van der Waals surface area contributed by atoms with Gasteiger partial charge in [0.25, 0.3) is 0 Å². The highest BCUT2D eigenvalue weighted by Gasteiger charge is 2.39. The molecule has 0 aromatic rings. The van der Waals surface area contributed by atoms with Crippen molar-refractivity contribution < 1.29 is 19.1 Å². The molecule has 0 radical (unpaired) electrons. The smallest absolute Gasteiger partial charge is 0.311 e. The standard InChI is InChI=1S/C19H36O4/c1-10-14(3)19(11-2,12-22-15(20)17(4,5)6)13-23-16(21)18(7,8)9/h14H,10-13H2,1-9H3. The van der Waals surface area contributed by atoms with E-state index in [4.69, 9.17) is 9.47 Å². The van der Waals surface area contributed by atoms with Crippen molar-refractivity contribution in [2.45, 2.75) is 75.2 Å². The first kappa shape index (κ1) is 21.9. The van der Waals surface area contributed by atoms with Crippen molar-refractivity contribution in [1.82, 2.24) is 0 Å². The maximum Gasteiger partial charge on any atom is 0.311 e. The van der Waals surface area contributed by atoms with Crippen molar-refractivity contribution in [3.05, 3.63) is 0 Å². The highest BCUT2D eigenvalue weighted by Crippen LogP contribution is 2.36. The van der Waals surface area contributed by atoms with Crippen LogP contribution in [0, 0.1) is 22.2 Å². The lowest BCUT2D eigenvalue weighted by atomic mass is 9.74. The van der Waals surface area contributed by atoms with E-state index >= 15 is 0 Å². The first-order chi connectivity index (χ1) is 10.3. The number of carbonyl (C=O) groups excluding carboxylic acids is 2. The van der Waals surface area contributed by atoms with Gasteiger partial charge in [-0.1, -0.05) is 27.2 Å². The summed E-state index contributed by atoms with van der Waals surface area (Å²) in [5, 5.41) is 0. The zero-order valence-electron chi connectivity index (χ0n) is 16.5. The van der Waals surface area contributed by atoms with E-state index in [1.807, 2.05) is 41.5 Å². The number of esters is 2. The third-order valence-corrected chi connectivity index (χ3v) is 4.57. The van der Waals surface area contributed by atoms with Gasteiger partial charge in [0.05, 0.1) is 10.8 Å². The largest absolute Gasteiger partial charge is 0.465 e. The van der Waals surface area contributed by atoms with Crippen molar-refractivity contribution in [3.63, 3.8) is 0 Å². The Morgan fingerprint density at radius 1 is 0.826 bits per heavy atom. The molecule has 4 heteroatoms. The summed E-state index contributed by atoms with van der Waals surface area (Å²) < 4.78 is 11.1. The molecular formula is C19H36O4. The molecule has 0 aliphatic rings. The van der Waals surface area contributed by atoms with E-state index in [1.54, 1.807) is 0 Å². The van der Waals surface area contributed by atoms with E-state index in [0.29, 0.717) is 0 Å². The van der Waals surface area contributed by atoms with Crippen LogP contribution in [0.25, 0.3) is 0 Å². The second-order valence-corrected chi connectivity index (χ2v) is 8.68. The molecule has 0 fully saturated rings. The Bertz CT molecular complexity index is 369. The maximum absolute atomic E-state index is 12.1. The SMILES string of the molecule is CCC(C)C(CC)(COC(=O)C(C)(C)C)COC(=O)C(C)(C)C. The molecule has 0 rings (SSSR count). The van der Waals surface area contributed by atoms with Crippen LogP contribution in [0.1, 0.15) is 75.2 Å². The Labute approximate surface area is 142 Å². The van der Waals surface area contributed by atoms with Gasteiger partial charge < -0.3 is 9.47 Å². The molecule has 4 nitrogen and oxygen atoms in total. The Morgan fingerprint density at radius 3 is 1.39 bits per heavy atom. The summed E-state index contributed by atoms with van der Waals surface area (Å²) in [6, 6.07) is 0. The summed E-state index contributed by atoms with van der Waals surface area (Å²) in [6.45, 7) is 17.9. The van der Waals surface area contributed by atoms with Crippen LogP contribution in [0.3, 0.4) is 0 Å². The van der Waals surface area contributed by atoms with Gasteiger partial charge in [0.15, 0.2) is 0 Å². The number of carbonyl (C=O) groups is 2. The van der Waals surface area contributed by atoms with Crippen molar-refractivity contribution >= 4 is 11.9 Å². The van der Waals surface area contributed by atoms with E-state index in [0.717, 1.165) is 12.8 Å². The summed E-state index contributed by atoms with van der Waals surface area (Å²) in [5.74, 6) is -0.158. The van der Waals surface area contributed by atoms with Gasteiger partial charge in [-0.2, -0.15) is 0 Å². The van der Waals surface area contributed by atoms with Gasteiger partial charge in [-0.05, 0) is 53.9 Å². The molecule has 1 unspecified atom stereocenters. The zero-order valence-corrected chi connectivity index (χ0v) is 16.5. The van der Waals surface area contributed by atoms with E-state index in [2.05, 4.69) is 20.8 Å². The number of hydrogen-bond acceptors (Lipinski definition) is 4. The molecule has 0 aliphatic carbocycles. The molecule has 0 bridgehead atoms. The first-order valence-electron chi connectivity index (χ1n) is 8.64. The molecule has 0 aromatic carbocycles. The van der Waals surface area contributed by atoms with Crippen molar-refractivity contribution in [2.24, 2.45) is 22.2 Å². The summed E-state index contributed by atoms with van der Waals surface area (Å²) in [5.41, 5.74) is -1.40. The predicted octanol–water partition coefficient (Wildman–Crippen LogP) is 4.61. The highest BCUT2D eigenvalue weighted by atomic mass is 16.5. The minimum absolute atomic E-state index is 0.222. The fraction of sp³-hybridized carbons (Fsp3) is 0.895. The number of ether oxygens (including phenoxy) is 2. The monoisotopic (exact) mass is 328 g/mol. The zero-order chi connectivity index (χ0) is 18.5. The molecule has 0 aromatic heterocycles. The van der Waals surface area contributed by atoms with Crippen LogP contribution in [0.5, 0.6) is 0 Å². The maximum atomic E-state index is 12.1. The lowest BCUT2D eigenvalue weighted by Gasteiger charge is -2.38. The van der Waals surface area contributed by atoms with Crippen molar-refractivity contribution in [1.29, 1.82) is 0 Å². The lowest BCUT2D eigenvalue weighted by Crippen LogP contribution is -2.41. The van der Waals surface area contributed by atoms with Crippen LogP contribution in [-0.4, -0.2) is 25.2 Å². The van der Waals surface area contributed by atoms with Gasteiger partial charge in [0, 0.05) is 5.41 Å². The fourth-order valence-corrected chi connectivity index (χ4v) is 2.16. The molecule has 0 heterocycles. The molecule has 0 aliphatic heterocycles. The molecule has 23 heavy (non-hydrogen) atoms. The normalized spacial score (nSPS) is 14.3. The average molecular weight is 328 g/mol. The molecule has 0 saturated carbocycles. The molecule has 0 spiro atoms. The van der Waals surface area contributed by atoms with Crippen LogP contribution in [0.2, 0.25) is 0 Å². The van der Waals surface area contributed by atoms with Crippen LogP contribution < -0.4 is 0 Å². The molecule has 0 saturated heterocycles. The van der Waals surface area contributed by atoms with Gasteiger partial charge in [-0.15, -0.1) is 0 Å². The minimum Gasteiger partial charge on any atom is -0.465 e. The second-order valence-electron chi connectivity index (χ2n) is 8.68. The first-order valence-corrected chi connectivity index (χ1v) is 8.64. The Morgan fingerprint density at radius 2 is 1.17 bits per heavy atom. The summed E-state index contributed by atoms with van der Waals surface area (Å²) in [7, 11) is 0. The predicted molar refractivity (Wildman–Crippen MR) is 93.0 cm³/mol. The molecule has 0 N–H and O–H groups in total. The topological polar surface area (TPSA) is 52.6 Å². The highest BCUT2D eigenvalue weighted by molar-refractivity contribution is 5.76. The fourth-order valence-electron chi connectivity index (χ4n) is 2.16. The van der Waals surface area contributed by atoms with Gasteiger partial charge in [-0.3, -0.25) is 9.59 Å². The van der Waals surface area contributed by atoms with Crippen molar-refractivity contribution in [3.8, 4) is 0 Å². The van der Waals surface area contributed by atoms with Crippen LogP contribution in [-0.2, 0) is 19.1 Å². The van der Waals surface area contributed by atoms with Crippen LogP contribution in [0.4, 0.5) is 0 Å². The molecule has 136 valence electrons. The summed E-state index contributed by atoms with van der Waals surface area (Å²) >= 11 is 0. The number of rotatable bonds is 7. The third-order valence-electron chi connectivity index (χ3n) is 4.57. The third kappa shape index (κ3) is 6.52. The molecule has 1 atom stereocenters. The van der Waals surface area contributed by atoms with Crippen molar-refractivity contribution in [2.75, 3.05) is 13.2 Å². The van der Waals surface area contributed by atoms with E-state index in [1.165, 1.54) is 0 Å². The molecular weight excluding hydrogens is 292 g/mol. The van der Waals surface area contributed by atoms with Gasteiger partial charge in [-0.25, -0.2) is 0 Å². The molecule has 0 amide bonds. The lowest BCUT2D eigenvalue weighted by molar-refractivity contribution is -0.167. The number of hydrogen-bond donors (Lipinski definition) is 0. The minimum atomic E-state index is -0.531. The quantitative estimate of drug-likeness (QED) is 0.641. The van der Waals surface area contributed by atoms with Crippen LogP contribution >= 0.6 is 0 Å². The van der Waals surface area contributed by atoms with Gasteiger partial charge in [0.1, 0.15) is 13.2 Å². The Hall–Kier alpha value is -1.06. The van der Waals surface area contributed by atoms with E-state index in [-0.39, 0.29) is 36.5 Å².